The van der Waals surface area contributed by atoms with E-state index in [0.717, 1.165) is 26.5 Å². The zero-order valence-electron chi connectivity index (χ0n) is 13.5. The Hall–Kier alpha value is -1.85. The summed E-state index contributed by atoms with van der Waals surface area (Å²) >= 11 is 7.77. The maximum absolute atomic E-state index is 12.5. The number of aryl methyl sites for hydroxylation is 1. The second kappa shape index (κ2) is 5.90. The van der Waals surface area contributed by atoms with Crippen LogP contribution in [0.4, 0.5) is 0 Å². The van der Waals surface area contributed by atoms with Gasteiger partial charge in [-0.15, -0.1) is 11.3 Å². The average Bonchev–Trinajstić information content (AvgIpc) is 3.24. The van der Waals surface area contributed by atoms with E-state index in [1.807, 2.05) is 41.9 Å². The summed E-state index contributed by atoms with van der Waals surface area (Å²) in [7, 11) is 0. The highest BCUT2D eigenvalue weighted by atomic mass is 35.5. The van der Waals surface area contributed by atoms with Crippen LogP contribution in [-0.4, -0.2) is 21.7 Å². The van der Waals surface area contributed by atoms with Crippen LogP contribution in [0.15, 0.2) is 30.3 Å². The molecule has 0 aliphatic heterocycles. The number of thiophene rings is 1. The molecule has 1 aromatic carbocycles. The molecule has 1 fully saturated rings. The van der Waals surface area contributed by atoms with Crippen molar-refractivity contribution >= 4 is 39.1 Å². The number of hydrogen-bond donors (Lipinski definition) is 1. The fourth-order valence-corrected chi connectivity index (χ4v) is 4.23. The molecule has 3 aromatic rings. The number of carbonyl (C=O) groups excluding carboxylic acids is 1. The first-order valence-corrected chi connectivity index (χ1v) is 9.29. The van der Waals surface area contributed by atoms with Crippen LogP contribution in [0.1, 0.15) is 35.1 Å². The van der Waals surface area contributed by atoms with E-state index in [2.05, 4.69) is 17.3 Å². The Balaban J connectivity index is 1.72. The SMILES string of the molecule is Cc1nn(-c2ccccc2Cl)c2sc(C(=O)NC(C)C3CC3)cc12. The van der Waals surface area contributed by atoms with Crippen molar-refractivity contribution in [2.45, 2.75) is 32.7 Å². The first-order valence-electron chi connectivity index (χ1n) is 8.09. The van der Waals surface area contributed by atoms with E-state index in [1.165, 1.54) is 24.2 Å². The largest absolute Gasteiger partial charge is 0.349 e. The Morgan fingerprint density at radius 3 is 2.88 bits per heavy atom. The second-order valence-electron chi connectivity index (χ2n) is 6.38. The maximum atomic E-state index is 12.5. The van der Waals surface area contributed by atoms with Crippen LogP contribution in [0.5, 0.6) is 0 Å². The average molecular weight is 360 g/mol. The summed E-state index contributed by atoms with van der Waals surface area (Å²) in [5, 5.41) is 9.35. The lowest BCUT2D eigenvalue weighted by molar-refractivity contribution is 0.0940. The summed E-state index contributed by atoms with van der Waals surface area (Å²) in [6, 6.07) is 9.78. The van der Waals surface area contributed by atoms with Gasteiger partial charge in [0.2, 0.25) is 0 Å². The van der Waals surface area contributed by atoms with Crippen molar-refractivity contribution < 1.29 is 4.79 Å². The summed E-state index contributed by atoms with van der Waals surface area (Å²) in [5.41, 5.74) is 1.73. The van der Waals surface area contributed by atoms with E-state index in [0.29, 0.717) is 10.9 Å². The van der Waals surface area contributed by atoms with Crippen LogP contribution in [0.2, 0.25) is 5.02 Å². The fraction of sp³-hybridized carbons (Fsp3) is 0.333. The predicted octanol–water partition coefficient (Wildman–Crippen LogP) is 4.58. The number of halogens is 1. The number of aromatic nitrogens is 2. The van der Waals surface area contributed by atoms with Crippen molar-refractivity contribution in [2.75, 3.05) is 0 Å². The van der Waals surface area contributed by atoms with Gasteiger partial charge in [0.15, 0.2) is 0 Å². The molecule has 1 aliphatic carbocycles. The molecule has 4 rings (SSSR count). The molecule has 6 heteroatoms. The highest BCUT2D eigenvalue weighted by Crippen LogP contribution is 2.34. The lowest BCUT2D eigenvalue weighted by Crippen LogP contribution is -2.33. The van der Waals surface area contributed by atoms with Gasteiger partial charge in [-0.05, 0) is 50.8 Å². The van der Waals surface area contributed by atoms with Gasteiger partial charge in [-0.25, -0.2) is 4.68 Å². The lowest BCUT2D eigenvalue weighted by Gasteiger charge is -2.11. The Morgan fingerprint density at radius 2 is 2.17 bits per heavy atom. The molecule has 0 bridgehead atoms. The molecule has 1 N–H and O–H groups in total. The molecule has 1 atom stereocenters. The van der Waals surface area contributed by atoms with Gasteiger partial charge in [0.05, 0.1) is 21.3 Å². The molecule has 2 aromatic heterocycles. The Kier molecular flexibility index (Phi) is 3.85. The lowest BCUT2D eigenvalue weighted by atomic mass is 10.2. The van der Waals surface area contributed by atoms with Gasteiger partial charge in [-0.2, -0.15) is 5.10 Å². The van der Waals surface area contributed by atoms with Crippen LogP contribution in [0, 0.1) is 12.8 Å². The topological polar surface area (TPSA) is 46.9 Å². The van der Waals surface area contributed by atoms with E-state index in [1.54, 1.807) is 0 Å². The van der Waals surface area contributed by atoms with Gasteiger partial charge in [-0.1, -0.05) is 23.7 Å². The molecule has 1 aliphatic rings. The van der Waals surface area contributed by atoms with E-state index in [9.17, 15) is 4.79 Å². The zero-order valence-corrected chi connectivity index (χ0v) is 15.1. The summed E-state index contributed by atoms with van der Waals surface area (Å²) in [4.78, 5) is 14.2. The van der Waals surface area contributed by atoms with Crippen molar-refractivity contribution in [1.82, 2.24) is 15.1 Å². The van der Waals surface area contributed by atoms with E-state index in [-0.39, 0.29) is 11.9 Å². The summed E-state index contributed by atoms with van der Waals surface area (Å²) in [5.74, 6) is 0.643. The highest BCUT2D eigenvalue weighted by molar-refractivity contribution is 7.20. The highest BCUT2D eigenvalue weighted by Gasteiger charge is 2.29. The Bertz CT molecular complexity index is 926. The number of nitrogens with zero attached hydrogens (tertiary/aromatic N) is 2. The molecule has 124 valence electrons. The molecule has 4 nitrogen and oxygen atoms in total. The quantitative estimate of drug-likeness (QED) is 0.741. The number of benzene rings is 1. The van der Waals surface area contributed by atoms with Crippen LogP contribution >= 0.6 is 22.9 Å². The van der Waals surface area contributed by atoms with Crippen LogP contribution in [0.25, 0.3) is 15.9 Å². The van der Waals surface area contributed by atoms with Gasteiger partial charge >= 0.3 is 0 Å². The van der Waals surface area contributed by atoms with Gasteiger partial charge in [0.1, 0.15) is 4.83 Å². The number of nitrogens with one attached hydrogen (secondary N) is 1. The number of amides is 1. The minimum Gasteiger partial charge on any atom is -0.349 e. The number of carbonyl (C=O) groups is 1. The van der Waals surface area contributed by atoms with Gasteiger partial charge in [0.25, 0.3) is 5.91 Å². The van der Waals surface area contributed by atoms with Crippen molar-refractivity contribution in [3.05, 3.63) is 45.9 Å². The minimum atomic E-state index is 0.000656. The number of para-hydroxylation sites is 1. The van der Waals surface area contributed by atoms with Crippen LogP contribution < -0.4 is 5.32 Å². The first kappa shape index (κ1) is 15.7. The van der Waals surface area contributed by atoms with Crippen molar-refractivity contribution in [1.29, 1.82) is 0 Å². The molecule has 0 radical (unpaired) electrons. The molecule has 0 saturated heterocycles. The predicted molar refractivity (Wildman–Crippen MR) is 98.3 cm³/mol. The molecule has 2 heterocycles. The van der Waals surface area contributed by atoms with E-state index in [4.69, 9.17) is 11.6 Å². The number of hydrogen-bond acceptors (Lipinski definition) is 3. The van der Waals surface area contributed by atoms with Gasteiger partial charge < -0.3 is 5.32 Å². The van der Waals surface area contributed by atoms with Crippen molar-refractivity contribution in [2.24, 2.45) is 5.92 Å². The van der Waals surface area contributed by atoms with Crippen molar-refractivity contribution in [3.8, 4) is 5.69 Å². The first-order chi connectivity index (χ1) is 11.5. The number of fused-ring (bicyclic) bond motifs is 1. The van der Waals surface area contributed by atoms with Crippen LogP contribution in [0.3, 0.4) is 0 Å². The molecule has 24 heavy (non-hydrogen) atoms. The third-order valence-electron chi connectivity index (χ3n) is 4.54. The fourth-order valence-electron chi connectivity index (χ4n) is 2.94. The summed E-state index contributed by atoms with van der Waals surface area (Å²) < 4.78 is 1.83. The third-order valence-corrected chi connectivity index (χ3v) is 5.97. The van der Waals surface area contributed by atoms with Crippen molar-refractivity contribution in [3.63, 3.8) is 0 Å². The molecule has 1 unspecified atom stereocenters. The molecular formula is C18H18ClN3OS. The smallest absolute Gasteiger partial charge is 0.261 e. The summed E-state index contributed by atoms with van der Waals surface area (Å²) in [6.45, 7) is 4.04. The second-order valence-corrected chi connectivity index (χ2v) is 7.82. The molecule has 0 spiro atoms. The monoisotopic (exact) mass is 359 g/mol. The normalized spacial score (nSPS) is 15.6. The Morgan fingerprint density at radius 1 is 1.42 bits per heavy atom. The third kappa shape index (κ3) is 2.72. The minimum absolute atomic E-state index is 0.000656. The summed E-state index contributed by atoms with van der Waals surface area (Å²) in [6.07, 6.45) is 2.43. The molecule has 1 amide bonds. The van der Waals surface area contributed by atoms with Crippen LogP contribution in [-0.2, 0) is 0 Å². The molecule has 1 saturated carbocycles. The van der Waals surface area contributed by atoms with Gasteiger partial charge in [-0.3, -0.25) is 4.79 Å². The van der Waals surface area contributed by atoms with E-state index >= 15 is 0 Å². The number of rotatable bonds is 4. The zero-order chi connectivity index (χ0) is 16.8. The van der Waals surface area contributed by atoms with E-state index < -0.39 is 0 Å². The Labute approximate surface area is 149 Å². The maximum Gasteiger partial charge on any atom is 0.261 e. The van der Waals surface area contributed by atoms with Gasteiger partial charge in [0, 0.05) is 11.4 Å². The standard InChI is InChI=1S/C18H18ClN3OS/c1-10(12-7-8-12)20-17(23)16-9-13-11(2)21-22(18(13)24-16)15-6-4-3-5-14(15)19/h3-6,9-10,12H,7-8H2,1-2H3,(H,20,23). The molecular weight excluding hydrogens is 342 g/mol.